The third-order valence-corrected chi connectivity index (χ3v) is 3.10. The normalized spacial score (nSPS) is 10.6. The average molecular weight is 279 g/mol. The van der Waals surface area contributed by atoms with Crippen molar-refractivity contribution in [1.29, 1.82) is 0 Å². The zero-order chi connectivity index (χ0) is 11.2. The third kappa shape index (κ3) is 2.76. The van der Waals surface area contributed by atoms with Crippen LogP contribution in [0, 0.1) is 0 Å². The SMILES string of the molecule is BrCCCCOc1cccc2ccccc12. The van der Waals surface area contributed by atoms with Crippen molar-refractivity contribution >= 4 is 26.7 Å². The van der Waals surface area contributed by atoms with Crippen LogP contribution in [0.15, 0.2) is 42.5 Å². The Kier molecular flexibility index (Phi) is 4.23. The molecule has 16 heavy (non-hydrogen) atoms. The second-order valence-corrected chi connectivity index (χ2v) is 4.51. The van der Waals surface area contributed by atoms with Crippen molar-refractivity contribution in [2.45, 2.75) is 12.8 Å². The molecular formula is C14H15BrO. The number of rotatable bonds is 5. The molecule has 2 heteroatoms. The number of halogens is 1. The van der Waals surface area contributed by atoms with Crippen molar-refractivity contribution < 1.29 is 4.74 Å². The lowest BCUT2D eigenvalue weighted by atomic mass is 10.1. The monoisotopic (exact) mass is 278 g/mol. The molecule has 0 aliphatic heterocycles. The summed E-state index contributed by atoms with van der Waals surface area (Å²) in [5.41, 5.74) is 0. The highest BCUT2D eigenvalue weighted by Crippen LogP contribution is 2.25. The molecule has 0 aliphatic rings. The van der Waals surface area contributed by atoms with E-state index in [1.165, 1.54) is 10.8 Å². The minimum absolute atomic E-state index is 0.791. The number of benzene rings is 2. The average Bonchev–Trinajstić information content (AvgIpc) is 2.35. The summed E-state index contributed by atoms with van der Waals surface area (Å²) in [6.07, 6.45) is 2.25. The second-order valence-electron chi connectivity index (χ2n) is 3.72. The Bertz CT molecular complexity index is 448. The molecule has 2 rings (SSSR count). The maximum Gasteiger partial charge on any atom is 0.127 e. The lowest BCUT2D eigenvalue weighted by Crippen LogP contribution is -1.97. The van der Waals surface area contributed by atoms with Gasteiger partial charge in [-0.3, -0.25) is 0 Å². The predicted molar refractivity (Wildman–Crippen MR) is 72.5 cm³/mol. The minimum Gasteiger partial charge on any atom is -0.493 e. The summed E-state index contributed by atoms with van der Waals surface area (Å²) in [4.78, 5) is 0. The van der Waals surface area contributed by atoms with E-state index in [9.17, 15) is 0 Å². The molecule has 0 aliphatic carbocycles. The largest absolute Gasteiger partial charge is 0.493 e. The van der Waals surface area contributed by atoms with Gasteiger partial charge in [0.2, 0.25) is 0 Å². The molecule has 0 heterocycles. The van der Waals surface area contributed by atoms with Gasteiger partial charge in [0, 0.05) is 10.7 Å². The minimum atomic E-state index is 0.791. The van der Waals surface area contributed by atoms with Gasteiger partial charge in [0.1, 0.15) is 5.75 Å². The molecule has 0 N–H and O–H groups in total. The Morgan fingerprint density at radius 1 is 0.938 bits per heavy atom. The molecule has 0 spiro atoms. The van der Waals surface area contributed by atoms with E-state index < -0.39 is 0 Å². The molecule has 0 radical (unpaired) electrons. The van der Waals surface area contributed by atoms with E-state index in [4.69, 9.17) is 4.74 Å². The second kappa shape index (κ2) is 5.90. The van der Waals surface area contributed by atoms with E-state index in [1.54, 1.807) is 0 Å². The molecule has 1 nitrogen and oxygen atoms in total. The van der Waals surface area contributed by atoms with Crippen LogP contribution in [0.2, 0.25) is 0 Å². The zero-order valence-electron chi connectivity index (χ0n) is 9.16. The lowest BCUT2D eigenvalue weighted by molar-refractivity contribution is 0.313. The van der Waals surface area contributed by atoms with Gasteiger partial charge in [0.05, 0.1) is 6.61 Å². The van der Waals surface area contributed by atoms with Gasteiger partial charge in [0.25, 0.3) is 0 Å². The molecule has 2 aromatic rings. The zero-order valence-corrected chi connectivity index (χ0v) is 10.7. The molecule has 0 atom stereocenters. The summed E-state index contributed by atoms with van der Waals surface area (Å²) in [5.74, 6) is 0.993. The molecule has 0 aromatic heterocycles. The van der Waals surface area contributed by atoms with Crippen LogP contribution in [0.3, 0.4) is 0 Å². The molecule has 0 bridgehead atoms. The molecule has 0 saturated heterocycles. The van der Waals surface area contributed by atoms with Gasteiger partial charge in [0.15, 0.2) is 0 Å². The van der Waals surface area contributed by atoms with Gasteiger partial charge >= 0.3 is 0 Å². The molecular weight excluding hydrogens is 264 g/mol. The topological polar surface area (TPSA) is 9.23 Å². The molecule has 0 unspecified atom stereocenters. The number of fused-ring (bicyclic) bond motifs is 1. The van der Waals surface area contributed by atoms with E-state index >= 15 is 0 Å². The van der Waals surface area contributed by atoms with Crippen molar-refractivity contribution in [3.63, 3.8) is 0 Å². The first-order valence-electron chi connectivity index (χ1n) is 5.58. The Morgan fingerprint density at radius 2 is 1.75 bits per heavy atom. The number of hydrogen-bond acceptors (Lipinski definition) is 1. The summed E-state index contributed by atoms with van der Waals surface area (Å²) in [6, 6.07) is 14.5. The van der Waals surface area contributed by atoms with Gasteiger partial charge in [-0.25, -0.2) is 0 Å². The summed E-state index contributed by atoms with van der Waals surface area (Å²) < 4.78 is 5.80. The van der Waals surface area contributed by atoms with Gasteiger partial charge in [-0.1, -0.05) is 52.3 Å². The highest BCUT2D eigenvalue weighted by molar-refractivity contribution is 9.09. The van der Waals surface area contributed by atoms with Gasteiger partial charge in [-0.2, -0.15) is 0 Å². The molecule has 0 saturated carbocycles. The smallest absolute Gasteiger partial charge is 0.127 e. The third-order valence-electron chi connectivity index (χ3n) is 2.54. The summed E-state index contributed by atoms with van der Waals surface area (Å²) in [7, 11) is 0. The predicted octanol–water partition coefficient (Wildman–Crippen LogP) is 4.39. The number of ether oxygens (including phenoxy) is 1. The first-order valence-corrected chi connectivity index (χ1v) is 6.70. The van der Waals surface area contributed by atoms with E-state index in [-0.39, 0.29) is 0 Å². The summed E-state index contributed by atoms with van der Waals surface area (Å²) >= 11 is 3.42. The Labute approximate surface area is 105 Å². The Balaban J connectivity index is 2.11. The fourth-order valence-corrected chi connectivity index (χ4v) is 2.10. The van der Waals surface area contributed by atoms with E-state index in [0.29, 0.717) is 0 Å². The van der Waals surface area contributed by atoms with E-state index in [0.717, 1.165) is 30.5 Å². The van der Waals surface area contributed by atoms with Gasteiger partial charge in [-0.05, 0) is 24.3 Å². The maximum atomic E-state index is 5.80. The maximum absolute atomic E-state index is 5.80. The van der Waals surface area contributed by atoms with Crippen molar-refractivity contribution in [2.24, 2.45) is 0 Å². The van der Waals surface area contributed by atoms with Crippen LogP contribution in [0.5, 0.6) is 5.75 Å². The van der Waals surface area contributed by atoms with E-state index in [1.807, 2.05) is 18.2 Å². The fraction of sp³-hybridized carbons (Fsp3) is 0.286. The Hall–Kier alpha value is -1.02. The number of unbranched alkanes of at least 4 members (excludes halogenated alkanes) is 1. The summed E-state index contributed by atoms with van der Waals surface area (Å²) in [6.45, 7) is 0.791. The van der Waals surface area contributed by atoms with Gasteiger partial charge in [-0.15, -0.1) is 0 Å². The van der Waals surface area contributed by atoms with Crippen LogP contribution in [0.4, 0.5) is 0 Å². The van der Waals surface area contributed by atoms with Crippen molar-refractivity contribution in [2.75, 3.05) is 11.9 Å². The lowest BCUT2D eigenvalue weighted by Gasteiger charge is -2.08. The standard InChI is InChI=1S/C14H15BrO/c15-10-3-4-11-16-14-9-5-7-12-6-1-2-8-13(12)14/h1-2,5-9H,3-4,10-11H2. The number of alkyl halides is 1. The van der Waals surface area contributed by atoms with Crippen LogP contribution in [-0.2, 0) is 0 Å². The quantitative estimate of drug-likeness (QED) is 0.582. The van der Waals surface area contributed by atoms with Crippen LogP contribution < -0.4 is 4.74 Å². The van der Waals surface area contributed by atoms with Crippen LogP contribution >= 0.6 is 15.9 Å². The first kappa shape index (κ1) is 11.5. The number of hydrogen-bond donors (Lipinski definition) is 0. The first-order chi connectivity index (χ1) is 7.92. The fourth-order valence-electron chi connectivity index (χ4n) is 1.70. The Morgan fingerprint density at radius 3 is 2.62 bits per heavy atom. The molecule has 0 fully saturated rings. The highest BCUT2D eigenvalue weighted by Gasteiger charge is 2.00. The van der Waals surface area contributed by atoms with Crippen molar-refractivity contribution in [1.82, 2.24) is 0 Å². The van der Waals surface area contributed by atoms with Crippen LogP contribution in [0.1, 0.15) is 12.8 Å². The molecule has 84 valence electrons. The highest BCUT2D eigenvalue weighted by atomic mass is 79.9. The van der Waals surface area contributed by atoms with E-state index in [2.05, 4.69) is 40.2 Å². The molecule has 2 aromatic carbocycles. The van der Waals surface area contributed by atoms with Crippen LogP contribution in [-0.4, -0.2) is 11.9 Å². The van der Waals surface area contributed by atoms with Gasteiger partial charge < -0.3 is 4.74 Å². The van der Waals surface area contributed by atoms with Crippen molar-refractivity contribution in [3.05, 3.63) is 42.5 Å². The summed E-state index contributed by atoms with van der Waals surface area (Å²) in [5, 5.41) is 3.48. The molecule has 0 amide bonds. The van der Waals surface area contributed by atoms with Crippen LogP contribution in [0.25, 0.3) is 10.8 Å². The van der Waals surface area contributed by atoms with Crippen molar-refractivity contribution in [3.8, 4) is 5.75 Å².